The zero-order valence-electron chi connectivity index (χ0n) is 17.6. The Morgan fingerprint density at radius 3 is 2.23 bits per heavy atom. The van der Waals surface area contributed by atoms with E-state index in [4.69, 9.17) is 19.0 Å². The van der Waals surface area contributed by atoms with Crippen LogP contribution in [0, 0.1) is 6.92 Å². The minimum absolute atomic E-state index is 0.0180. The summed E-state index contributed by atoms with van der Waals surface area (Å²) in [6.07, 6.45) is 0. The number of para-hydroxylation sites is 1. The van der Waals surface area contributed by atoms with Crippen molar-refractivity contribution in [2.24, 2.45) is 0 Å². The van der Waals surface area contributed by atoms with Gasteiger partial charge in [-0.2, -0.15) is 0 Å². The second-order valence-electron chi connectivity index (χ2n) is 6.37. The highest BCUT2D eigenvalue weighted by Gasteiger charge is 2.35. The van der Waals surface area contributed by atoms with Crippen LogP contribution in [0.15, 0.2) is 35.1 Å². The molecule has 162 valence electrons. The smallest absolute Gasteiger partial charge is 0.344 e. The van der Waals surface area contributed by atoms with Gasteiger partial charge in [-0.25, -0.2) is 9.78 Å². The number of aromatic nitrogens is 2. The minimum atomic E-state index is -0.838. The quantitative estimate of drug-likeness (QED) is 0.470. The number of amides is 1. The summed E-state index contributed by atoms with van der Waals surface area (Å²) < 4.78 is 15.9. The molecule has 2 aromatic carbocycles. The molecule has 1 aromatic heterocycles. The molecule has 0 aliphatic heterocycles. The predicted molar refractivity (Wildman–Crippen MR) is 112 cm³/mol. The highest BCUT2D eigenvalue weighted by molar-refractivity contribution is 6.12. The van der Waals surface area contributed by atoms with Gasteiger partial charge in [0.05, 0.1) is 21.3 Å². The van der Waals surface area contributed by atoms with E-state index in [0.29, 0.717) is 11.6 Å². The summed E-state index contributed by atoms with van der Waals surface area (Å²) in [7, 11) is 3.78. The Balaban J connectivity index is 2.48. The second-order valence-corrected chi connectivity index (χ2v) is 6.37. The van der Waals surface area contributed by atoms with Gasteiger partial charge in [-0.1, -0.05) is 18.2 Å². The maximum absolute atomic E-state index is 12.8. The van der Waals surface area contributed by atoms with E-state index < -0.39 is 17.4 Å². The van der Waals surface area contributed by atoms with Crippen LogP contribution >= 0.6 is 0 Å². The standard InChI is InChI=1S/C21H21N3O7/c1-11-22-16-14(20(26)23-11)19(29-4)17(15(18(16)28-3)21(27)30-5)24(12(2)25)31-13-9-7-6-8-10-13/h6-10H,1-5H3,(H,22,23,26). The third kappa shape index (κ3) is 3.87. The molecule has 31 heavy (non-hydrogen) atoms. The van der Waals surface area contributed by atoms with Crippen molar-refractivity contribution in [3.63, 3.8) is 0 Å². The van der Waals surface area contributed by atoms with Gasteiger partial charge in [0.25, 0.3) is 11.5 Å². The maximum Gasteiger partial charge on any atom is 0.344 e. The van der Waals surface area contributed by atoms with Crippen LogP contribution in [0.2, 0.25) is 0 Å². The number of benzene rings is 2. The molecule has 3 aromatic rings. The topological polar surface area (TPSA) is 120 Å². The number of carbonyl (C=O) groups is 2. The molecule has 10 nitrogen and oxygen atoms in total. The largest absolute Gasteiger partial charge is 0.493 e. The summed E-state index contributed by atoms with van der Waals surface area (Å²) in [6.45, 7) is 2.82. The zero-order valence-corrected chi connectivity index (χ0v) is 17.6. The van der Waals surface area contributed by atoms with Gasteiger partial charge >= 0.3 is 5.97 Å². The average Bonchev–Trinajstić information content (AvgIpc) is 2.75. The molecular weight excluding hydrogens is 406 g/mol. The number of rotatable bonds is 6. The number of H-pyrrole nitrogens is 1. The number of carbonyl (C=O) groups excluding carboxylic acids is 2. The van der Waals surface area contributed by atoms with E-state index in [1.807, 2.05) is 0 Å². The molecule has 0 spiro atoms. The number of aromatic amines is 1. The van der Waals surface area contributed by atoms with Crippen LogP contribution in [0.25, 0.3) is 10.9 Å². The molecule has 0 bridgehead atoms. The molecule has 1 N–H and O–H groups in total. The lowest BCUT2D eigenvalue weighted by Crippen LogP contribution is -2.34. The second kappa shape index (κ2) is 8.74. The summed E-state index contributed by atoms with van der Waals surface area (Å²) in [6, 6.07) is 8.44. The minimum Gasteiger partial charge on any atom is -0.493 e. The molecule has 0 fully saturated rings. The van der Waals surface area contributed by atoms with Crippen molar-refractivity contribution >= 4 is 28.5 Å². The fourth-order valence-corrected chi connectivity index (χ4v) is 3.16. The first-order valence-corrected chi connectivity index (χ1v) is 9.14. The van der Waals surface area contributed by atoms with Crippen molar-refractivity contribution in [3.8, 4) is 17.2 Å². The fraction of sp³-hybridized carbons (Fsp3) is 0.238. The Labute approximate surface area is 177 Å². The third-order valence-electron chi connectivity index (χ3n) is 4.39. The van der Waals surface area contributed by atoms with E-state index in [1.54, 1.807) is 37.3 Å². The number of hydrogen-bond acceptors (Lipinski definition) is 8. The molecule has 0 unspecified atom stereocenters. The summed E-state index contributed by atoms with van der Waals surface area (Å²) >= 11 is 0. The Bertz CT molecular complexity index is 1210. The number of nitrogens with zero attached hydrogens (tertiary/aromatic N) is 2. The van der Waals surface area contributed by atoms with Crippen molar-refractivity contribution in [2.75, 3.05) is 26.4 Å². The normalized spacial score (nSPS) is 10.5. The van der Waals surface area contributed by atoms with Gasteiger partial charge in [-0.3, -0.25) is 9.59 Å². The first-order valence-electron chi connectivity index (χ1n) is 9.14. The molecule has 1 heterocycles. The molecule has 1 amide bonds. The molecule has 0 aliphatic carbocycles. The number of anilines is 1. The lowest BCUT2D eigenvalue weighted by atomic mass is 10.0. The highest BCUT2D eigenvalue weighted by atomic mass is 16.7. The summed E-state index contributed by atoms with van der Waals surface area (Å²) in [5.41, 5.74) is -0.796. The van der Waals surface area contributed by atoms with Crippen LogP contribution in [-0.4, -0.2) is 43.2 Å². The van der Waals surface area contributed by atoms with Gasteiger partial charge in [0.15, 0.2) is 17.2 Å². The van der Waals surface area contributed by atoms with Gasteiger partial charge in [-0.05, 0) is 19.1 Å². The van der Waals surface area contributed by atoms with Crippen LogP contribution < -0.4 is 24.9 Å². The number of hydroxylamine groups is 1. The Morgan fingerprint density at radius 2 is 1.68 bits per heavy atom. The van der Waals surface area contributed by atoms with Crippen molar-refractivity contribution < 1.29 is 28.6 Å². The molecule has 0 saturated heterocycles. The van der Waals surface area contributed by atoms with Crippen molar-refractivity contribution in [1.82, 2.24) is 9.97 Å². The zero-order chi connectivity index (χ0) is 22.7. The van der Waals surface area contributed by atoms with Crippen molar-refractivity contribution in [3.05, 3.63) is 52.1 Å². The molecule has 0 atom stereocenters. The number of nitrogens with one attached hydrogen (secondary N) is 1. The Hall–Kier alpha value is -4.08. The maximum atomic E-state index is 12.8. The monoisotopic (exact) mass is 427 g/mol. The third-order valence-corrected chi connectivity index (χ3v) is 4.39. The Morgan fingerprint density at radius 1 is 1.03 bits per heavy atom. The highest BCUT2D eigenvalue weighted by Crippen LogP contribution is 2.45. The van der Waals surface area contributed by atoms with E-state index in [1.165, 1.54) is 28.3 Å². The molecule has 10 heteroatoms. The lowest BCUT2D eigenvalue weighted by molar-refractivity contribution is -0.120. The molecule has 3 rings (SSSR count). The van der Waals surface area contributed by atoms with Crippen LogP contribution in [0.1, 0.15) is 23.1 Å². The summed E-state index contributed by atoms with van der Waals surface area (Å²) in [4.78, 5) is 50.9. The van der Waals surface area contributed by atoms with Gasteiger partial charge in [-0.15, -0.1) is 5.06 Å². The lowest BCUT2D eigenvalue weighted by Gasteiger charge is -2.26. The van der Waals surface area contributed by atoms with E-state index >= 15 is 0 Å². The molecule has 0 aliphatic rings. The van der Waals surface area contributed by atoms with Gasteiger partial charge < -0.3 is 24.0 Å². The number of fused-ring (bicyclic) bond motifs is 1. The van der Waals surface area contributed by atoms with E-state index in [0.717, 1.165) is 5.06 Å². The number of hydrogen-bond donors (Lipinski definition) is 1. The number of methoxy groups -OCH3 is 3. The van der Waals surface area contributed by atoms with Crippen molar-refractivity contribution in [2.45, 2.75) is 13.8 Å². The number of aryl methyl sites for hydroxylation is 1. The molecule has 0 radical (unpaired) electrons. The van der Waals surface area contributed by atoms with Crippen molar-refractivity contribution in [1.29, 1.82) is 0 Å². The van der Waals surface area contributed by atoms with Crippen LogP contribution in [0.4, 0.5) is 5.69 Å². The van der Waals surface area contributed by atoms with Gasteiger partial charge in [0.2, 0.25) is 0 Å². The fourth-order valence-electron chi connectivity index (χ4n) is 3.16. The van der Waals surface area contributed by atoms with Crippen LogP contribution in [0.3, 0.4) is 0 Å². The number of ether oxygens (including phenoxy) is 3. The van der Waals surface area contributed by atoms with E-state index in [2.05, 4.69) is 9.97 Å². The van der Waals surface area contributed by atoms with Gasteiger partial charge in [0, 0.05) is 6.92 Å². The van der Waals surface area contributed by atoms with Crippen LogP contribution in [0.5, 0.6) is 17.2 Å². The van der Waals surface area contributed by atoms with E-state index in [9.17, 15) is 14.4 Å². The van der Waals surface area contributed by atoms with Crippen LogP contribution in [-0.2, 0) is 9.53 Å². The summed E-state index contributed by atoms with van der Waals surface area (Å²) in [5, 5.41) is 0.831. The van der Waals surface area contributed by atoms with Gasteiger partial charge in [0.1, 0.15) is 28.0 Å². The first-order chi connectivity index (χ1) is 14.8. The molecule has 0 saturated carbocycles. The molecular formula is C21H21N3O7. The SMILES string of the molecule is COC(=O)c1c(N(Oc2ccccc2)C(C)=O)c(OC)c2c(=O)[nH]c(C)nc2c1OC. The average molecular weight is 427 g/mol. The Kier molecular flexibility index (Phi) is 6.10. The summed E-state index contributed by atoms with van der Waals surface area (Å²) in [5.74, 6) is -0.985. The first kappa shape index (κ1) is 21.6. The predicted octanol–water partition coefficient (Wildman–Crippen LogP) is 2.38. The van der Waals surface area contributed by atoms with E-state index in [-0.39, 0.29) is 33.7 Å². The number of esters is 1.